The molecule has 3 aromatic carbocycles. The minimum atomic E-state index is -0.269. The van der Waals surface area contributed by atoms with Crippen molar-refractivity contribution in [2.75, 3.05) is 20.1 Å². The monoisotopic (exact) mass is 912 g/mol. The van der Waals surface area contributed by atoms with Crippen LogP contribution < -0.4 is 0 Å². The maximum Gasteiger partial charge on any atom is 0.0737 e. The Bertz CT molecular complexity index is 968. The van der Waals surface area contributed by atoms with Gasteiger partial charge in [0.15, 0.2) is 0 Å². The molecule has 186 valence electrons. The average molecular weight is 913 g/mol. The molecule has 4 nitrogen and oxygen atoms in total. The van der Waals surface area contributed by atoms with Gasteiger partial charge >= 0.3 is 0 Å². The minimum absolute atomic E-state index is 0. The largest absolute Gasteiger partial charge is 0.391 e. The van der Waals surface area contributed by atoms with Crippen LogP contribution in [0.3, 0.4) is 0 Å². The van der Waals surface area contributed by atoms with Crippen molar-refractivity contribution in [2.24, 2.45) is 0 Å². The normalized spacial score (nSPS) is 24.4. The third kappa shape index (κ3) is 9.24. The fourth-order valence-electron chi connectivity index (χ4n) is 5.39. The average Bonchev–Trinajstić information content (AvgIpc) is 2.86. The molecule has 2 radical (unpaired) electrons. The summed E-state index contributed by atoms with van der Waals surface area (Å²) in [6, 6.07) is 31.5. The molecular formula is C30H38Ac2N2O2. The molecule has 2 heterocycles. The van der Waals surface area contributed by atoms with Crippen LogP contribution in [-0.4, -0.2) is 52.4 Å². The van der Waals surface area contributed by atoms with Gasteiger partial charge in [0.05, 0.1) is 24.3 Å². The fraction of sp³-hybridized carbons (Fsp3) is 0.400. The topological polar surface area (TPSA) is 46.9 Å². The van der Waals surface area contributed by atoms with Crippen LogP contribution in [0, 0.1) is 88.1 Å². The second-order valence-corrected chi connectivity index (χ2v) is 9.57. The molecule has 2 fully saturated rings. The van der Waals surface area contributed by atoms with E-state index in [9.17, 15) is 10.2 Å². The van der Waals surface area contributed by atoms with Crippen molar-refractivity contribution in [3.05, 3.63) is 108 Å². The number of aliphatic hydroxyl groups is 2. The molecular weight excluding hydrogens is 874 g/mol. The number of benzene rings is 3. The molecule has 0 spiro atoms. The molecule has 4 atom stereocenters. The summed E-state index contributed by atoms with van der Waals surface area (Å²) in [5, 5.41) is 20.4. The Morgan fingerprint density at radius 3 is 1.61 bits per heavy atom. The van der Waals surface area contributed by atoms with Gasteiger partial charge in [-0.25, -0.2) is 0 Å². The summed E-state index contributed by atoms with van der Waals surface area (Å²) in [7, 11) is 2.08. The van der Waals surface area contributed by atoms with Crippen LogP contribution in [0.2, 0.25) is 0 Å². The smallest absolute Gasteiger partial charge is 0.0737 e. The Kier molecular flexibility index (Phi) is 15.5. The van der Waals surface area contributed by atoms with E-state index in [1.807, 2.05) is 30.3 Å². The number of hydrogen-bond acceptors (Lipinski definition) is 4. The van der Waals surface area contributed by atoms with E-state index in [2.05, 4.69) is 77.5 Å². The first kappa shape index (κ1) is 32.6. The van der Waals surface area contributed by atoms with Gasteiger partial charge in [-0.05, 0) is 62.5 Å². The van der Waals surface area contributed by atoms with E-state index in [1.54, 1.807) is 0 Å². The number of rotatable bonds is 4. The zero-order valence-corrected chi connectivity index (χ0v) is 30.9. The van der Waals surface area contributed by atoms with Crippen LogP contribution in [0.4, 0.5) is 0 Å². The van der Waals surface area contributed by atoms with Gasteiger partial charge in [0, 0.05) is 94.7 Å². The van der Waals surface area contributed by atoms with E-state index >= 15 is 0 Å². The molecule has 2 aliphatic rings. The van der Waals surface area contributed by atoms with Crippen molar-refractivity contribution in [1.82, 2.24) is 9.80 Å². The van der Waals surface area contributed by atoms with Gasteiger partial charge in [0.2, 0.25) is 0 Å². The summed E-state index contributed by atoms with van der Waals surface area (Å²) >= 11 is 0. The van der Waals surface area contributed by atoms with Gasteiger partial charge in [0.1, 0.15) is 0 Å². The van der Waals surface area contributed by atoms with Crippen molar-refractivity contribution in [3.8, 4) is 0 Å². The van der Waals surface area contributed by atoms with Crippen LogP contribution >= 0.6 is 0 Å². The number of likely N-dealkylation sites (tertiary alicyclic amines) is 2. The van der Waals surface area contributed by atoms with Gasteiger partial charge in [-0.15, -0.1) is 0 Å². The molecule has 2 N–H and O–H groups in total. The molecule has 3 aromatic rings. The minimum Gasteiger partial charge on any atom is -0.391 e. The maximum absolute atomic E-state index is 10.4. The second-order valence-electron chi connectivity index (χ2n) is 9.57. The van der Waals surface area contributed by atoms with Gasteiger partial charge in [-0.3, -0.25) is 9.80 Å². The summed E-state index contributed by atoms with van der Waals surface area (Å²) in [6.45, 7) is 3.03. The summed E-state index contributed by atoms with van der Waals surface area (Å²) < 4.78 is 0. The zero-order chi connectivity index (χ0) is 23.8. The first-order valence-corrected chi connectivity index (χ1v) is 12.6. The van der Waals surface area contributed by atoms with Gasteiger partial charge in [0.25, 0.3) is 0 Å². The Labute approximate surface area is 288 Å². The van der Waals surface area contributed by atoms with E-state index in [1.165, 1.54) is 16.7 Å². The van der Waals surface area contributed by atoms with Gasteiger partial charge in [-0.2, -0.15) is 0 Å². The van der Waals surface area contributed by atoms with Crippen molar-refractivity contribution in [3.63, 3.8) is 0 Å². The summed E-state index contributed by atoms with van der Waals surface area (Å²) in [6.07, 6.45) is 3.50. The first-order chi connectivity index (χ1) is 16.6. The maximum atomic E-state index is 10.4. The molecule has 0 amide bonds. The van der Waals surface area contributed by atoms with Crippen LogP contribution in [0.1, 0.15) is 54.5 Å². The summed E-state index contributed by atoms with van der Waals surface area (Å²) in [5.74, 6) is 0. The quantitative estimate of drug-likeness (QED) is 0.379. The van der Waals surface area contributed by atoms with Crippen molar-refractivity contribution < 1.29 is 98.3 Å². The van der Waals surface area contributed by atoms with E-state index in [4.69, 9.17) is 0 Å². The molecule has 2 aliphatic heterocycles. The molecule has 6 heteroatoms. The molecule has 2 saturated heterocycles. The predicted octanol–water partition coefficient (Wildman–Crippen LogP) is 5.20. The van der Waals surface area contributed by atoms with Crippen LogP contribution in [-0.2, 0) is 6.54 Å². The Morgan fingerprint density at radius 2 is 1.08 bits per heavy atom. The third-order valence-electron chi connectivity index (χ3n) is 7.06. The second kappa shape index (κ2) is 17.2. The van der Waals surface area contributed by atoms with Crippen molar-refractivity contribution in [1.29, 1.82) is 0 Å². The molecule has 36 heavy (non-hydrogen) atoms. The standard InChI is InChI=1S/C18H21NO.C12H17NO.2Ac/c20-17-12-7-13-19(14-15-8-3-1-4-9-15)18(17)16-10-5-2-6-11-16;1-13-9-5-8-11(14)12(13)10-6-3-2-4-7-10;;/h1-6,8-11,17-18,20H,7,12-14H2;2-4,6-7,11-12,14H,5,8-9H2,1H3;;. The number of likely N-dealkylation sites (N-methyl/N-ethyl adjacent to an activating group) is 1. The SMILES string of the molecule is CN1CCCC(O)C1c1ccccc1.OC1CCCN(Cc2ccccc2)C1c1ccccc1.[Ac].[Ac]. The molecule has 0 saturated carbocycles. The van der Waals surface area contributed by atoms with Crippen molar-refractivity contribution in [2.45, 2.75) is 56.5 Å². The van der Waals surface area contributed by atoms with Crippen LogP contribution in [0.15, 0.2) is 91.0 Å². The summed E-state index contributed by atoms with van der Waals surface area (Å²) in [5.41, 5.74) is 3.75. The molecule has 0 aliphatic carbocycles. The van der Waals surface area contributed by atoms with Crippen molar-refractivity contribution >= 4 is 0 Å². The molecule has 0 aromatic heterocycles. The van der Waals surface area contributed by atoms with E-state index in [-0.39, 0.29) is 112 Å². The number of piperidine rings is 2. The van der Waals surface area contributed by atoms with Crippen LogP contribution in [0.5, 0.6) is 0 Å². The molecule has 4 unspecified atom stereocenters. The van der Waals surface area contributed by atoms with E-state index < -0.39 is 0 Å². The Morgan fingerprint density at radius 1 is 0.639 bits per heavy atom. The molecule has 0 bridgehead atoms. The van der Waals surface area contributed by atoms with Gasteiger partial charge in [-0.1, -0.05) is 91.0 Å². The van der Waals surface area contributed by atoms with Gasteiger partial charge < -0.3 is 10.2 Å². The fourth-order valence-corrected chi connectivity index (χ4v) is 5.39. The number of hydrogen-bond donors (Lipinski definition) is 2. The van der Waals surface area contributed by atoms with E-state index in [0.29, 0.717) is 0 Å². The Hall–Kier alpha value is 0.383. The zero-order valence-electron chi connectivity index (χ0n) is 21.4. The number of nitrogens with zero attached hydrogens (tertiary/aromatic N) is 2. The van der Waals surface area contributed by atoms with E-state index in [0.717, 1.165) is 45.3 Å². The summed E-state index contributed by atoms with van der Waals surface area (Å²) in [4.78, 5) is 4.64. The third-order valence-corrected chi connectivity index (χ3v) is 7.06. The Balaban J connectivity index is 0.000000254. The molecule has 5 rings (SSSR count). The predicted molar refractivity (Wildman–Crippen MR) is 138 cm³/mol. The van der Waals surface area contributed by atoms with Crippen LogP contribution in [0.25, 0.3) is 0 Å². The first-order valence-electron chi connectivity index (χ1n) is 12.6. The number of aliphatic hydroxyl groups excluding tert-OH is 2.